The van der Waals surface area contributed by atoms with E-state index in [9.17, 15) is 9.59 Å². The Bertz CT molecular complexity index is 1360. The third kappa shape index (κ3) is 3.93. The number of fused-ring (bicyclic) bond motifs is 3. The molecule has 0 aliphatic carbocycles. The number of aromatic nitrogens is 1. The fourth-order valence-electron chi connectivity index (χ4n) is 4.55. The average Bonchev–Trinajstić information content (AvgIpc) is 3.19. The normalized spacial score (nSPS) is 14.8. The van der Waals surface area contributed by atoms with Gasteiger partial charge in [-0.1, -0.05) is 24.3 Å². The van der Waals surface area contributed by atoms with Crippen molar-refractivity contribution < 1.29 is 14.3 Å². The van der Waals surface area contributed by atoms with E-state index >= 15 is 0 Å². The standard InChI is InChI=1S/C27H26N2O4/c1-3-32-24-13-18-12-17(2)33-25(18)14-19(24)15-28-26(30)16-29-22-10-6-4-8-20(22)27(31)21-9-5-7-11-23(21)29/h4-11,13-14,17H,3,12,15-16H2,1-2H3,(H,28,30)/t17-/m0/s1. The molecular formula is C27H26N2O4. The zero-order valence-electron chi connectivity index (χ0n) is 18.8. The van der Waals surface area contributed by atoms with Gasteiger partial charge >= 0.3 is 0 Å². The van der Waals surface area contributed by atoms with Crippen LogP contribution in [-0.2, 0) is 24.3 Å². The van der Waals surface area contributed by atoms with Gasteiger partial charge in [-0.2, -0.15) is 0 Å². The molecule has 0 fully saturated rings. The molecule has 0 bridgehead atoms. The van der Waals surface area contributed by atoms with Crippen LogP contribution in [0, 0.1) is 0 Å². The number of para-hydroxylation sites is 2. The zero-order chi connectivity index (χ0) is 22.9. The Morgan fingerprint density at radius 3 is 2.42 bits per heavy atom. The SMILES string of the molecule is CCOc1cc2c(cc1CNC(=O)Cn1c3ccccc3c(=O)c3ccccc31)O[C@@H](C)C2. The Balaban J connectivity index is 1.43. The molecule has 2 heterocycles. The summed E-state index contributed by atoms with van der Waals surface area (Å²) in [5.74, 6) is 1.48. The summed E-state index contributed by atoms with van der Waals surface area (Å²) in [5, 5.41) is 4.23. The highest BCUT2D eigenvalue weighted by Gasteiger charge is 2.22. The molecule has 1 N–H and O–H groups in total. The number of carbonyl (C=O) groups excluding carboxylic acids is 1. The van der Waals surface area contributed by atoms with Gasteiger partial charge in [-0.3, -0.25) is 9.59 Å². The maximum absolute atomic E-state index is 13.0. The summed E-state index contributed by atoms with van der Waals surface area (Å²) in [7, 11) is 0. The van der Waals surface area contributed by atoms with Crippen molar-refractivity contribution in [1.82, 2.24) is 9.88 Å². The van der Waals surface area contributed by atoms with Crippen molar-refractivity contribution in [3.63, 3.8) is 0 Å². The van der Waals surface area contributed by atoms with E-state index in [2.05, 4.69) is 5.32 Å². The second kappa shape index (κ2) is 8.62. The number of hydrogen-bond donors (Lipinski definition) is 1. The number of benzene rings is 3. The fraction of sp³-hybridized carbons (Fsp3) is 0.259. The first-order valence-electron chi connectivity index (χ1n) is 11.3. The van der Waals surface area contributed by atoms with Crippen molar-refractivity contribution >= 4 is 27.7 Å². The molecule has 1 atom stereocenters. The monoisotopic (exact) mass is 442 g/mol. The molecule has 6 nitrogen and oxygen atoms in total. The number of amides is 1. The van der Waals surface area contributed by atoms with Crippen molar-refractivity contribution in [3.8, 4) is 11.5 Å². The van der Waals surface area contributed by atoms with Gasteiger partial charge in [0.25, 0.3) is 0 Å². The summed E-state index contributed by atoms with van der Waals surface area (Å²) in [6, 6.07) is 18.8. The van der Waals surface area contributed by atoms with Crippen LogP contribution in [-0.4, -0.2) is 23.2 Å². The van der Waals surface area contributed by atoms with Crippen LogP contribution in [0.4, 0.5) is 0 Å². The molecule has 3 aromatic carbocycles. The molecule has 0 saturated carbocycles. The highest BCUT2D eigenvalue weighted by Crippen LogP contribution is 2.35. The van der Waals surface area contributed by atoms with Crippen molar-refractivity contribution in [3.05, 3.63) is 82.0 Å². The summed E-state index contributed by atoms with van der Waals surface area (Å²) in [6.45, 7) is 4.96. The number of nitrogens with zero attached hydrogens (tertiary/aromatic N) is 1. The fourth-order valence-corrected chi connectivity index (χ4v) is 4.55. The summed E-state index contributed by atoms with van der Waals surface area (Å²) >= 11 is 0. The average molecular weight is 443 g/mol. The number of pyridine rings is 1. The van der Waals surface area contributed by atoms with Crippen molar-refractivity contribution in [2.45, 2.75) is 39.5 Å². The van der Waals surface area contributed by atoms with Gasteiger partial charge in [0.05, 0.1) is 17.6 Å². The van der Waals surface area contributed by atoms with Gasteiger partial charge in [-0.25, -0.2) is 0 Å². The number of rotatable bonds is 6. The third-order valence-corrected chi connectivity index (χ3v) is 6.04. The first-order chi connectivity index (χ1) is 16.0. The Morgan fingerprint density at radius 1 is 1.09 bits per heavy atom. The minimum absolute atomic E-state index is 0.0217. The van der Waals surface area contributed by atoms with Crippen LogP contribution >= 0.6 is 0 Å². The minimum Gasteiger partial charge on any atom is -0.494 e. The predicted octanol–water partition coefficient (Wildman–Crippen LogP) is 4.19. The van der Waals surface area contributed by atoms with Gasteiger partial charge in [0.1, 0.15) is 24.1 Å². The third-order valence-electron chi connectivity index (χ3n) is 6.04. The molecule has 4 aromatic rings. The maximum atomic E-state index is 13.0. The van der Waals surface area contributed by atoms with Crippen LogP contribution in [0.25, 0.3) is 21.8 Å². The lowest BCUT2D eigenvalue weighted by molar-refractivity contribution is -0.121. The number of hydrogen-bond acceptors (Lipinski definition) is 4. The predicted molar refractivity (Wildman–Crippen MR) is 129 cm³/mol. The largest absolute Gasteiger partial charge is 0.494 e. The lowest BCUT2D eigenvalue weighted by Crippen LogP contribution is -2.28. The van der Waals surface area contributed by atoms with Gasteiger partial charge in [0.15, 0.2) is 5.43 Å². The molecule has 33 heavy (non-hydrogen) atoms. The van der Waals surface area contributed by atoms with E-state index in [0.29, 0.717) is 23.9 Å². The molecular weight excluding hydrogens is 416 g/mol. The quantitative estimate of drug-likeness (QED) is 0.455. The minimum atomic E-state index is -0.147. The lowest BCUT2D eigenvalue weighted by atomic mass is 10.1. The van der Waals surface area contributed by atoms with Crippen molar-refractivity contribution in [1.29, 1.82) is 0 Å². The molecule has 5 rings (SSSR count). The molecule has 1 amide bonds. The van der Waals surface area contributed by atoms with Gasteiger partial charge in [0.2, 0.25) is 5.91 Å². The van der Waals surface area contributed by atoms with Crippen LogP contribution < -0.4 is 20.2 Å². The molecule has 1 aromatic heterocycles. The smallest absolute Gasteiger partial charge is 0.240 e. The van der Waals surface area contributed by atoms with E-state index in [1.807, 2.05) is 66.9 Å². The van der Waals surface area contributed by atoms with Gasteiger partial charge < -0.3 is 19.4 Å². The van der Waals surface area contributed by atoms with E-state index in [4.69, 9.17) is 9.47 Å². The molecule has 168 valence electrons. The molecule has 0 radical (unpaired) electrons. The number of carbonyl (C=O) groups is 1. The highest BCUT2D eigenvalue weighted by molar-refractivity contribution is 5.94. The summed E-state index contributed by atoms with van der Waals surface area (Å²) < 4.78 is 13.6. The van der Waals surface area contributed by atoms with E-state index in [-0.39, 0.29) is 24.0 Å². The summed E-state index contributed by atoms with van der Waals surface area (Å²) in [4.78, 5) is 25.9. The molecule has 6 heteroatoms. The van der Waals surface area contributed by atoms with E-state index in [1.165, 1.54) is 0 Å². The molecule has 0 saturated heterocycles. The van der Waals surface area contributed by atoms with Crippen molar-refractivity contribution in [2.24, 2.45) is 0 Å². The molecule has 1 aliphatic rings. The first kappa shape index (κ1) is 21.1. The van der Waals surface area contributed by atoms with Crippen LogP contribution in [0.1, 0.15) is 25.0 Å². The molecule has 0 spiro atoms. The van der Waals surface area contributed by atoms with E-state index < -0.39 is 0 Å². The van der Waals surface area contributed by atoms with E-state index in [0.717, 1.165) is 40.1 Å². The van der Waals surface area contributed by atoms with Gasteiger partial charge in [-0.15, -0.1) is 0 Å². The van der Waals surface area contributed by atoms with E-state index in [1.54, 1.807) is 12.1 Å². The number of nitrogens with one attached hydrogen (secondary N) is 1. The van der Waals surface area contributed by atoms with Crippen LogP contribution in [0.3, 0.4) is 0 Å². The van der Waals surface area contributed by atoms with Gasteiger partial charge in [0, 0.05) is 34.9 Å². The van der Waals surface area contributed by atoms with Crippen molar-refractivity contribution in [2.75, 3.05) is 6.61 Å². The summed E-state index contributed by atoms with van der Waals surface area (Å²) in [5.41, 5.74) is 3.48. The Hall–Kier alpha value is -3.80. The molecule has 0 unspecified atom stereocenters. The van der Waals surface area contributed by atoms with Crippen LogP contribution in [0.2, 0.25) is 0 Å². The molecule has 1 aliphatic heterocycles. The first-order valence-corrected chi connectivity index (χ1v) is 11.3. The Labute approximate surface area is 191 Å². The maximum Gasteiger partial charge on any atom is 0.240 e. The van der Waals surface area contributed by atoms with Crippen LogP contribution in [0.15, 0.2) is 65.5 Å². The highest BCUT2D eigenvalue weighted by atomic mass is 16.5. The Kier molecular flexibility index (Phi) is 5.50. The lowest BCUT2D eigenvalue weighted by Gasteiger charge is -2.16. The summed E-state index contributed by atoms with van der Waals surface area (Å²) in [6.07, 6.45) is 0.996. The van der Waals surface area contributed by atoms with Gasteiger partial charge in [-0.05, 0) is 50.2 Å². The second-order valence-corrected chi connectivity index (χ2v) is 8.36. The van der Waals surface area contributed by atoms with Crippen LogP contribution in [0.5, 0.6) is 11.5 Å². The zero-order valence-corrected chi connectivity index (χ0v) is 18.8. The number of ether oxygens (including phenoxy) is 2. The topological polar surface area (TPSA) is 69.6 Å². The second-order valence-electron chi connectivity index (χ2n) is 8.36. The Morgan fingerprint density at radius 2 is 1.76 bits per heavy atom.